The van der Waals surface area contributed by atoms with E-state index in [1.165, 1.54) is 24.7 Å². The van der Waals surface area contributed by atoms with Gasteiger partial charge in [0.2, 0.25) is 10.0 Å². The minimum atomic E-state index is -3.22. The third-order valence-corrected chi connectivity index (χ3v) is 4.53. The number of hydrogen-bond donors (Lipinski definition) is 2. The van der Waals surface area contributed by atoms with Crippen LogP contribution in [0.25, 0.3) is 0 Å². The van der Waals surface area contributed by atoms with E-state index < -0.39 is 10.0 Å². The highest BCUT2D eigenvalue weighted by Gasteiger charge is 2.15. The van der Waals surface area contributed by atoms with Crippen LogP contribution in [0.4, 0.5) is 11.6 Å². The van der Waals surface area contributed by atoms with Crippen LogP contribution in [-0.4, -0.2) is 49.1 Å². The quantitative estimate of drug-likeness (QED) is 0.789. The van der Waals surface area contributed by atoms with Crippen LogP contribution < -0.4 is 11.1 Å². The number of rotatable bonds is 6. The topological polar surface area (TPSA) is 101 Å². The van der Waals surface area contributed by atoms with Crippen molar-refractivity contribution < 1.29 is 8.42 Å². The lowest BCUT2D eigenvalue weighted by molar-refractivity contribution is 0.521. The number of sulfonamides is 1. The van der Waals surface area contributed by atoms with Gasteiger partial charge in [0.25, 0.3) is 0 Å². The standard InChI is InChI=1S/C11H21N5O2S/c1-8(2)9-10(12)14-7-15-11(9)13-5-6-19(17,18)16(3)4/h7-8H,5-6H2,1-4H3,(H3,12,13,14,15). The first-order valence-corrected chi connectivity index (χ1v) is 7.61. The summed E-state index contributed by atoms with van der Waals surface area (Å²) in [5.74, 6) is 1.18. The summed E-state index contributed by atoms with van der Waals surface area (Å²) in [6.45, 7) is 4.24. The molecule has 0 aliphatic rings. The van der Waals surface area contributed by atoms with Crippen molar-refractivity contribution in [2.75, 3.05) is 37.4 Å². The van der Waals surface area contributed by atoms with Crippen molar-refractivity contribution in [2.45, 2.75) is 19.8 Å². The van der Waals surface area contributed by atoms with E-state index in [-0.39, 0.29) is 18.2 Å². The Kier molecular flexibility index (Phi) is 5.07. The molecule has 0 fully saturated rings. The zero-order chi connectivity index (χ0) is 14.6. The Balaban J connectivity index is 2.77. The van der Waals surface area contributed by atoms with Crippen LogP contribution in [0.3, 0.4) is 0 Å². The molecule has 0 spiro atoms. The van der Waals surface area contributed by atoms with Crippen molar-refractivity contribution in [1.29, 1.82) is 0 Å². The molecule has 7 nitrogen and oxygen atoms in total. The SMILES string of the molecule is CC(C)c1c(N)ncnc1NCCS(=O)(=O)N(C)C. The Morgan fingerprint density at radius 2 is 2.00 bits per heavy atom. The monoisotopic (exact) mass is 287 g/mol. The van der Waals surface area contributed by atoms with Crippen molar-refractivity contribution in [3.8, 4) is 0 Å². The maximum absolute atomic E-state index is 11.6. The fraction of sp³-hybridized carbons (Fsp3) is 0.636. The van der Waals surface area contributed by atoms with Crippen molar-refractivity contribution in [3.05, 3.63) is 11.9 Å². The molecule has 8 heteroatoms. The Labute approximate surface area is 114 Å². The average Bonchev–Trinajstić information content (AvgIpc) is 2.27. The van der Waals surface area contributed by atoms with Gasteiger partial charge in [0.15, 0.2) is 0 Å². The molecule has 0 aliphatic carbocycles. The number of nitrogens with two attached hydrogens (primary N) is 1. The number of anilines is 2. The average molecular weight is 287 g/mol. The molecule has 108 valence electrons. The highest BCUT2D eigenvalue weighted by atomic mass is 32.2. The van der Waals surface area contributed by atoms with E-state index in [9.17, 15) is 8.42 Å². The van der Waals surface area contributed by atoms with E-state index in [0.717, 1.165) is 5.56 Å². The predicted molar refractivity (Wildman–Crippen MR) is 76.5 cm³/mol. The number of nitrogen functional groups attached to an aromatic ring is 1. The predicted octanol–water partition coefficient (Wildman–Crippen LogP) is 0.486. The summed E-state index contributed by atoms with van der Waals surface area (Å²) in [6.07, 6.45) is 1.37. The second kappa shape index (κ2) is 6.16. The number of nitrogens with one attached hydrogen (secondary N) is 1. The Bertz CT molecular complexity index is 528. The molecule has 0 unspecified atom stereocenters. The first kappa shape index (κ1) is 15.6. The highest BCUT2D eigenvalue weighted by Crippen LogP contribution is 2.25. The maximum atomic E-state index is 11.6. The largest absolute Gasteiger partial charge is 0.383 e. The van der Waals surface area contributed by atoms with Crippen molar-refractivity contribution in [2.24, 2.45) is 0 Å². The Morgan fingerprint density at radius 3 is 2.53 bits per heavy atom. The number of nitrogens with zero attached hydrogens (tertiary/aromatic N) is 3. The lowest BCUT2D eigenvalue weighted by Gasteiger charge is -2.16. The third-order valence-electron chi connectivity index (χ3n) is 2.70. The third kappa shape index (κ3) is 4.03. The second-order valence-electron chi connectivity index (χ2n) is 4.70. The van der Waals surface area contributed by atoms with Crippen molar-refractivity contribution >= 4 is 21.7 Å². The normalized spacial score (nSPS) is 12.1. The number of aromatic nitrogens is 2. The van der Waals surface area contributed by atoms with Crippen LogP contribution in [0.2, 0.25) is 0 Å². The van der Waals surface area contributed by atoms with Crippen LogP contribution in [0, 0.1) is 0 Å². The molecule has 0 aromatic carbocycles. The van der Waals surface area contributed by atoms with Crippen molar-refractivity contribution in [1.82, 2.24) is 14.3 Å². The van der Waals surface area contributed by atoms with Crippen molar-refractivity contribution in [3.63, 3.8) is 0 Å². The maximum Gasteiger partial charge on any atom is 0.215 e. The van der Waals surface area contributed by atoms with E-state index >= 15 is 0 Å². The minimum absolute atomic E-state index is 0.00143. The first-order valence-electron chi connectivity index (χ1n) is 6.00. The highest BCUT2D eigenvalue weighted by molar-refractivity contribution is 7.89. The lowest BCUT2D eigenvalue weighted by Crippen LogP contribution is -2.28. The molecule has 1 rings (SSSR count). The van der Waals surface area contributed by atoms with Gasteiger partial charge >= 0.3 is 0 Å². The van der Waals surface area contributed by atoms with Gasteiger partial charge in [0.05, 0.1) is 5.75 Å². The van der Waals surface area contributed by atoms with Gasteiger partial charge in [-0.3, -0.25) is 0 Å². The Morgan fingerprint density at radius 1 is 1.37 bits per heavy atom. The van der Waals surface area contributed by atoms with Crippen LogP contribution in [0.1, 0.15) is 25.3 Å². The molecular formula is C11H21N5O2S. The van der Waals surface area contributed by atoms with Gasteiger partial charge < -0.3 is 11.1 Å². The molecule has 0 amide bonds. The van der Waals surface area contributed by atoms with E-state index in [0.29, 0.717) is 11.6 Å². The molecule has 0 aliphatic heterocycles. The van der Waals surface area contributed by atoms with Crippen LogP contribution in [-0.2, 0) is 10.0 Å². The summed E-state index contributed by atoms with van der Waals surface area (Å²) in [5.41, 5.74) is 6.62. The summed E-state index contributed by atoms with van der Waals surface area (Å²) in [5, 5.41) is 3.01. The van der Waals surface area contributed by atoms with Gasteiger partial charge in [-0.2, -0.15) is 0 Å². The zero-order valence-corrected chi connectivity index (χ0v) is 12.5. The molecular weight excluding hydrogens is 266 g/mol. The molecule has 0 atom stereocenters. The van der Waals surface area contributed by atoms with Gasteiger partial charge in [-0.15, -0.1) is 0 Å². The molecule has 19 heavy (non-hydrogen) atoms. The summed E-state index contributed by atoms with van der Waals surface area (Å²) < 4.78 is 24.5. The van der Waals surface area contributed by atoms with Gasteiger partial charge in [-0.05, 0) is 5.92 Å². The lowest BCUT2D eigenvalue weighted by atomic mass is 10.1. The van der Waals surface area contributed by atoms with Gasteiger partial charge in [-0.25, -0.2) is 22.7 Å². The van der Waals surface area contributed by atoms with E-state index in [4.69, 9.17) is 5.73 Å². The fourth-order valence-electron chi connectivity index (χ4n) is 1.60. The fourth-order valence-corrected chi connectivity index (χ4v) is 2.33. The Hall–Kier alpha value is -1.41. The second-order valence-corrected chi connectivity index (χ2v) is 7.00. The molecule has 1 heterocycles. The summed E-state index contributed by atoms with van der Waals surface area (Å²) >= 11 is 0. The summed E-state index contributed by atoms with van der Waals surface area (Å²) in [7, 11) is -0.192. The van der Waals surface area contributed by atoms with Gasteiger partial charge in [0.1, 0.15) is 18.0 Å². The van der Waals surface area contributed by atoms with E-state index in [1.54, 1.807) is 0 Å². The molecule has 0 radical (unpaired) electrons. The van der Waals surface area contributed by atoms with Gasteiger partial charge in [0, 0.05) is 26.2 Å². The number of hydrogen-bond acceptors (Lipinski definition) is 6. The first-order chi connectivity index (χ1) is 8.75. The molecule has 3 N–H and O–H groups in total. The van der Waals surface area contributed by atoms with Crippen LogP contribution >= 0.6 is 0 Å². The van der Waals surface area contributed by atoms with Crippen LogP contribution in [0.15, 0.2) is 6.33 Å². The molecule has 1 aromatic rings. The molecule has 0 saturated heterocycles. The summed E-state index contributed by atoms with van der Waals surface area (Å²) in [6, 6.07) is 0. The smallest absolute Gasteiger partial charge is 0.215 e. The molecule has 1 aromatic heterocycles. The minimum Gasteiger partial charge on any atom is -0.383 e. The van der Waals surface area contributed by atoms with Gasteiger partial charge in [-0.1, -0.05) is 13.8 Å². The van der Waals surface area contributed by atoms with E-state index in [2.05, 4.69) is 15.3 Å². The molecule has 0 saturated carbocycles. The molecule has 0 bridgehead atoms. The summed E-state index contributed by atoms with van der Waals surface area (Å²) in [4.78, 5) is 8.06. The van der Waals surface area contributed by atoms with E-state index in [1.807, 2.05) is 13.8 Å². The van der Waals surface area contributed by atoms with Crippen LogP contribution in [0.5, 0.6) is 0 Å². The zero-order valence-electron chi connectivity index (χ0n) is 11.7.